The summed E-state index contributed by atoms with van der Waals surface area (Å²) >= 11 is 0. The van der Waals surface area contributed by atoms with Crippen LogP contribution in [-0.2, 0) is 9.63 Å². The Morgan fingerprint density at radius 2 is 2.20 bits per heavy atom. The number of carbonyl (C=O) groups is 1. The summed E-state index contributed by atoms with van der Waals surface area (Å²) in [5, 5.41) is 2.62. The summed E-state index contributed by atoms with van der Waals surface area (Å²) in [4.78, 5) is 15.1. The zero-order valence-electron chi connectivity index (χ0n) is 6.44. The van der Waals surface area contributed by atoms with E-state index in [1.165, 1.54) is 6.92 Å². The largest absolute Gasteiger partial charge is 0.355 e. The highest BCUT2D eigenvalue weighted by Gasteiger charge is 1.87. The van der Waals surface area contributed by atoms with Crippen LogP contribution in [0.5, 0.6) is 0 Å². The molecule has 4 nitrogen and oxygen atoms in total. The van der Waals surface area contributed by atoms with Crippen molar-refractivity contribution in [2.24, 2.45) is 0 Å². The second kappa shape index (κ2) is 6.51. The predicted molar refractivity (Wildman–Crippen MR) is 38.3 cm³/mol. The van der Waals surface area contributed by atoms with Crippen molar-refractivity contribution in [2.45, 2.75) is 13.8 Å². The molecule has 0 aromatic rings. The van der Waals surface area contributed by atoms with Crippen LogP contribution < -0.4 is 10.8 Å². The van der Waals surface area contributed by atoms with Crippen molar-refractivity contribution in [3.05, 3.63) is 0 Å². The zero-order chi connectivity index (χ0) is 7.82. The smallest absolute Gasteiger partial charge is 0.216 e. The van der Waals surface area contributed by atoms with E-state index in [9.17, 15) is 4.79 Å². The van der Waals surface area contributed by atoms with Crippen LogP contribution in [0.25, 0.3) is 0 Å². The van der Waals surface area contributed by atoms with Gasteiger partial charge in [0.2, 0.25) is 5.91 Å². The Bertz CT molecular complexity index is 95.7. The monoisotopic (exact) mass is 146 g/mol. The molecule has 0 heterocycles. The molecule has 0 saturated heterocycles. The minimum Gasteiger partial charge on any atom is -0.355 e. The molecule has 0 aromatic carbocycles. The number of amides is 1. The highest BCUT2D eigenvalue weighted by atomic mass is 16.6. The molecule has 0 fully saturated rings. The molecule has 0 saturated carbocycles. The Balaban J connectivity index is 2.84. The van der Waals surface area contributed by atoms with E-state index in [1.807, 2.05) is 6.92 Å². The van der Waals surface area contributed by atoms with E-state index < -0.39 is 0 Å². The molecule has 0 atom stereocenters. The first-order valence-corrected chi connectivity index (χ1v) is 3.36. The number of carbonyl (C=O) groups excluding carboxylic acids is 1. The summed E-state index contributed by atoms with van der Waals surface area (Å²) in [7, 11) is 0. The predicted octanol–water partition coefficient (Wildman–Crippen LogP) is -0.336. The Hall–Kier alpha value is -0.610. The molecule has 0 radical (unpaired) electrons. The molecule has 0 bridgehead atoms. The second-order valence-electron chi connectivity index (χ2n) is 1.81. The number of nitrogens with one attached hydrogen (secondary N) is 2. The first-order valence-electron chi connectivity index (χ1n) is 3.36. The van der Waals surface area contributed by atoms with Crippen LogP contribution in [0, 0.1) is 0 Å². The van der Waals surface area contributed by atoms with Gasteiger partial charge < -0.3 is 10.2 Å². The van der Waals surface area contributed by atoms with Crippen LogP contribution in [0.2, 0.25) is 0 Å². The molecule has 0 spiro atoms. The Labute approximate surface area is 60.9 Å². The van der Waals surface area contributed by atoms with Crippen LogP contribution in [-0.4, -0.2) is 25.6 Å². The summed E-state index contributed by atoms with van der Waals surface area (Å²) in [5.74, 6) is -0.0155. The molecule has 0 aliphatic carbocycles. The van der Waals surface area contributed by atoms with Crippen molar-refractivity contribution in [1.82, 2.24) is 10.8 Å². The lowest BCUT2D eigenvalue weighted by Crippen LogP contribution is -2.30. The van der Waals surface area contributed by atoms with Crippen molar-refractivity contribution < 1.29 is 9.63 Å². The molecule has 10 heavy (non-hydrogen) atoms. The maximum Gasteiger partial charge on any atom is 0.216 e. The van der Waals surface area contributed by atoms with Crippen molar-refractivity contribution in [3.8, 4) is 0 Å². The van der Waals surface area contributed by atoms with E-state index in [4.69, 9.17) is 4.84 Å². The van der Waals surface area contributed by atoms with E-state index >= 15 is 0 Å². The van der Waals surface area contributed by atoms with Crippen molar-refractivity contribution in [1.29, 1.82) is 0 Å². The number of hydrogen-bond donors (Lipinski definition) is 2. The molecule has 0 unspecified atom stereocenters. The molecule has 60 valence electrons. The van der Waals surface area contributed by atoms with Crippen molar-refractivity contribution >= 4 is 5.91 Å². The van der Waals surface area contributed by atoms with Gasteiger partial charge >= 0.3 is 0 Å². The Kier molecular flexibility index (Phi) is 6.11. The number of hydroxylamine groups is 1. The van der Waals surface area contributed by atoms with Gasteiger partial charge in [-0.25, -0.2) is 5.48 Å². The molecule has 0 aliphatic rings. The lowest BCUT2D eigenvalue weighted by molar-refractivity contribution is -0.119. The van der Waals surface area contributed by atoms with E-state index in [-0.39, 0.29) is 5.91 Å². The molecule has 0 rings (SSSR count). The minimum absolute atomic E-state index is 0.0155. The van der Waals surface area contributed by atoms with Gasteiger partial charge in [-0.05, 0) is 6.92 Å². The standard InChI is InChI=1S/C6H14N2O2/c1-3-10-8-5-4-7-6(2)9/h8H,3-5H2,1-2H3,(H,7,9). The third-order valence-electron chi connectivity index (χ3n) is 0.847. The van der Waals surface area contributed by atoms with Gasteiger partial charge in [0.1, 0.15) is 0 Å². The molecule has 4 heteroatoms. The molecule has 2 N–H and O–H groups in total. The third kappa shape index (κ3) is 7.39. The van der Waals surface area contributed by atoms with E-state index in [0.29, 0.717) is 19.7 Å². The first kappa shape index (κ1) is 9.39. The summed E-state index contributed by atoms with van der Waals surface area (Å²) in [6.45, 7) is 5.27. The Morgan fingerprint density at radius 1 is 1.50 bits per heavy atom. The summed E-state index contributed by atoms with van der Waals surface area (Å²) < 4.78 is 0. The van der Waals surface area contributed by atoms with Gasteiger partial charge in [0.25, 0.3) is 0 Å². The highest BCUT2D eigenvalue weighted by molar-refractivity contribution is 5.72. The molecule has 0 aromatic heterocycles. The lowest BCUT2D eigenvalue weighted by atomic mass is 10.6. The third-order valence-corrected chi connectivity index (χ3v) is 0.847. The maximum atomic E-state index is 10.3. The van der Waals surface area contributed by atoms with Crippen LogP contribution in [0.3, 0.4) is 0 Å². The van der Waals surface area contributed by atoms with Gasteiger partial charge in [-0.2, -0.15) is 0 Å². The van der Waals surface area contributed by atoms with Crippen molar-refractivity contribution in [3.63, 3.8) is 0 Å². The van der Waals surface area contributed by atoms with Crippen LogP contribution in [0.15, 0.2) is 0 Å². The first-order chi connectivity index (χ1) is 4.77. The fraction of sp³-hybridized carbons (Fsp3) is 0.833. The normalized spacial score (nSPS) is 9.40. The van der Waals surface area contributed by atoms with Gasteiger partial charge in [-0.1, -0.05) is 0 Å². The average molecular weight is 146 g/mol. The van der Waals surface area contributed by atoms with E-state index in [1.54, 1.807) is 0 Å². The van der Waals surface area contributed by atoms with Gasteiger partial charge in [-0.3, -0.25) is 4.79 Å². The molecule has 1 amide bonds. The van der Waals surface area contributed by atoms with Gasteiger partial charge in [0.15, 0.2) is 0 Å². The fourth-order valence-electron chi connectivity index (χ4n) is 0.464. The molecular weight excluding hydrogens is 132 g/mol. The van der Waals surface area contributed by atoms with Crippen LogP contribution in [0.1, 0.15) is 13.8 Å². The van der Waals surface area contributed by atoms with E-state index in [0.717, 1.165) is 0 Å². The Morgan fingerprint density at radius 3 is 2.70 bits per heavy atom. The van der Waals surface area contributed by atoms with Crippen LogP contribution >= 0.6 is 0 Å². The minimum atomic E-state index is -0.0155. The number of hydrogen-bond acceptors (Lipinski definition) is 3. The van der Waals surface area contributed by atoms with Crippen molar-refractivity contribution in [2.75, 3.05) is 19.7 Å². The SMILES string of the molecule is CCONCCNC(C)=O. The number of rotatable bonds is 5. The van der Waals surface area contributed by atoms with Crippen LogP contribution in [0.4, 0.5) is 0 Å². The lowest BCUT2D eigenvalue weighted by Gasteiger charge is -2.02. The summed E-state index contributed by atoms with van der Waals surface area (Å²) in [6.07, 6.45) is 0. The topological polar surface area (TPSA) is 50.4 Å². The summed E-state index contributed by atoms with van der Waals surface area (Å²) in [6, 6.07) is 0. The molecular formula is C6H14N2O2. The molecule has 0 aliphatic heterocycles. The van der Waals surface area contributed by atoms with E-state index in [2.05, 4.69) is 10.8 Å². The fourth-order valence-corrected chi connectivity index (χ4v) is 0.464. The van der Waals surface area contributed by atoms with Gasteiger partial charge in [-0.15, -0.1) is 0 Å². The average Bonchev–Trinajstić information content (AvgIpc) is 1.87. The summed E-state index contributed by atoms with van der Waals surface area (Å²) in [5.41, 5.74) is 2.68. The van der Waals surface area contributed by atoms with Gasteiger partial charge in [0.05, 0.1) is 6.61 Å². The zero-order valence-corrected chi connectivity index (χ0v) is 6.44. The quantitative estimate of drug-likeness (QED) is 0.412. The highest BCUT2D eigenvalue weighted by Crippen LogP contribution is 1.63. The second-order valence-corrected chi connectivity index (χ2v) is 1.81. The maximum absolute atomic E-state index is 10.3. The van der Waals surface area contributed by atoms with Gasteiger partial charge in [0, 0.05) is 20.0 Å².